The molecule has 1 aliphatic carbocycles. The van der Waals surface area contributed by atoms with Crippen LogP contribution in [0.2, 0.25) is 0 Å². The maximum atomic E-state index is 10.2. The number of hydrogen-bond donors (Lipinski definition) is 1. The summed E-state index contributed by atoms with van der Waals surface area (Å²) in [6.07, 6.45) is 3.72. The molecule has 0 unspecified atom stereocenters. The molecule has 5 heteroatoms. The maximum Gasteiger partial charge on any atom is 0.517 e. The molecule has 0 radical (unpaired) electrons. The molecule has 4 nitrogen and oxygen atoms in total. The molecule has 1 aromatic rings. The van der Waals surface area contributed by atoms with Crippen molar-refractivity contribution in [2.45, 2.75) is 19.3 Å². The summed E-state index contributed by atoms with van der Waals surface area (Å²) in [6.45, 7) is 0.693. The summed E-state index contributed by atoms with van der Waals surface area (Å²) in [4.78, 5) is 10.2. The van der Waals surface area contributed by atoms with Gasteiger partial charge in [-0.25, -0.2) is 0 Å². The summed E-state index contributed by atoms with van der Waals surface area (Å²) in [7, 11) is -1.30. The largest absolute Gasteiger partial charge is 0.517 e. The van der Waals surface area contributed by atoms with Gasteiger partial charge in [0.2, 0.25) is 0 Å². The van der Waals surface area contributed by atoms with Crippen LogP contribution in [0.15, 0.2) is 29.4 Å². The van der Waals surface area contributed by atoms with E-state index >= 15 is 0 Å². The predicted molar refractivity (Wildman–Crippen MR) is 62.7 cm³/mol. The average molecular weight is 219 g/mol. The second-order valence-corrected chi connectivity index (χ2v) is 4.13. The van der Waals surface area contributed by atoms with Gasteiger partial charge in [-0.15, -0.1) is 0 Å². The van der Waals surface area contributed by atoms with Crippen LogP contribution in [0.5, 0.6) is 5.75 Å². The lowest BCUT2D eigenvalue weighted by Crippen LogP contribution is -2.27. The Morgan fingerprint density at radius 3 is 3.00 bits per heavy atom. The van der Waals surface area contributed by atoms with Gasteiger partial charge in [-0.1, -0.05) is 30.1 Å². The molecule has 0 atom stereocenters. The number of hydrogen-bond acceptors (Lipinski definition) is 4. The number of ether oxygens (including phenoxy) is 1. The molecular formula is C11H14BNO3. The molecule has 0 amide bonds. The van der Waals surface area contributed by atoms with Gasteiger partial charge in [0, 0.05) is 0 Å². The minimum absolute atomic E-state index is 0.471. The van der Waals surface area contributed by atoms with Crippen molar-refractivity contribution in [1.29, 1.82) is 0 Å². The fraction of sp³-hybridized carbons (Fsp3) is 0.455. The molecule has 0 saturated heterocycles. The van der Waals surface area contributed by atoms with Gasteiger partial charge in [-0.2, -0.15) is 4.91 Å². The predicted octanol–water partition coefficient (Wildman–Crippen LogP) is 1.32. The van der Waals surface area contributed by atoms with E-state index < -0.39 is 7.05 Å². The standard InChI is InChI=1S/C11H14BNO3/c14-12(13-15)10-2-1-3-11(8-10)16-7-6-9-4-5-9/h1-3,8-9,14H,4-7H2. The third-order valence-electron chi connectivity index (χ3n) is 2.75. The van der Waals surface area contributed by atoms with Gasteiger partial charge in [-0.3, -0.25) is 0 Å². The van der Waals surface area contributed by atoms with Gasteiger partial charge >= 0.3 is 7.05 Å². The molecule has 1 fully saturated rings. The van der Waals surface area contributed by atoms with E-state index in [1.165, 1.54) is 12.8 Å². The Morgan fingerprint density at radius 1 is 1.50 bits per heavy atom. The van der Waals surface area contributed by atoms with Crippen LogP contribution in [-0.2, 0) is 0 Å². The SMILES string of the molecule is O=NB(O)c1cccc(OCCC2CC2)c1. The normalized spacial score (nSPS) is 14.6. The Hall–Kier alpha value is -1.36. The van der Waals surface area contributed by atoms with Gasteiger partial charge in [0.1, 0.15) is 5.75 Å². The lowest BCUT2D eigenvalue weighted by atomic mass is 9.76. The minimum Gasteiger partial charge on any atom is -0.494 e. The van der Waals surface area contributed by atoms with E-state index in [1.807, 2.05) is 6.07 Å². The Morgan fingerprint density at radius 2 is 2.31 bits per heavy atom. The zero-order valence-corrected chi connectivity index (χ0v) is 9.00. The summed E-state index contributed by atoms with van der Waals surface area (Å²) in [6, 6.07) is 6.86. The fourth-order valence-electron chi connectivity index (χ4n) is 1.58. The summed E-state index contributed by atoms with van der Waals surface area (Å²) < 4.78 is 5.54. The Balaban J connectivity index is 1.89. The highest BCUT2D eigenvalue weighted by molar-refractivity contribution is 6.64. The first-order chi connectivity index (χ1) is 7.79. The zero-order valence-electron chi connectivity index (χ0n) is 9.00. The van der Waals surface area contributed by atoms with Crippen LogP contribution in [0.25, 0.3) is 0 Å². The van der Waals surface area contributed by atoms with Gasteiger partial charge in [0.25, 0.3) is 0 Å². The highest BCUT2D eigenvalue weighted by Gasteiger charge is 2.21. The van der Waals surface area contributed by atoms with Crippen molar-refractivity contribution < 1.29 is 9.76 Å². The smallest absolute Gasteiger partial charge is 0.494 e. The molecule has 1 saturated carbocycles. The topological polar surface area (TPSA) is 58.9 Å². The summed E-state index contributed by atoms with van der Waals surface area (Å²) >= 11 is 0. The third-order valence-corrected chi connectivity index (χ3v) is 2.75. The molecule has 1 N–H and O–H groups in total. The molecule has 84 valence electrons. The van der Waals surface area contributed by atoms with Crippen LogP contribution in [0.4, 0.5) is 0 Å². The second kappa shape index (κ2) is 5.12. The molecule has 2 rings (SSSR count). The van der Waals surface area contributed by atoms with Crippen LogP contribution in [0.3, 0.4) is 0 Å². The first kappa shape index (κ1) is 11.1. The van der Waals surface area contributed by atoms with E-state index in [4.69, 9.17) is 4.74 Å². The van der Waals surface area contributed by atoms with E-state index in [9.17, 15) is 9.93 Å². The summed E-state index contributed by atoms with van der Waals surface area (Å²) in [5.41, 5.74) is 0.471. The first-order valence-electron chi connectivity index (χ1n) is 5.53. The van der Waals surface area contributed by atoms with Crippen molar-refractivity contribution in [2.75, 3.05) is 6.61 Å². The average Bonchev–Trinajstić information content (AvgIpc) is 3.12. The lowest BCUT2D eigenvalue weighted by molar-refractivity contribution is 0.302. The van der Waals surface area contributed by atoms with Crippen molar-refractivity contribution in [3.8, 4) is 5.75 Å². The third kappa shape index (κ3) is 3.07. The molecule has 0 aliphatic heterocycles. The number of rotatable bonds is 6. The van der Waals surface area contributed by atoms with Crippen LogP contribution >= 0.6 is 0 Å². The van der Waals surface area contributed by atoms with Crippen molar-refractivity contribution in [1.82, 2.24) is 0 Å². The van der Waals surface area contributed by atoms with Gasteiger partial charge in [0.05, 0.1) is 6.61 Å². The van der Waals surface area contributed by atoms with E-state index in [-0.39, 0.29) is 0 Å². The van der Waals surface area contributed by atoms with E-state index in [1.54, 1.807) is 18.2 Å². The molecular weight excluding hydrogens is 205 g/mol. The second-order valence-electron chi connectivity index (χ2n) is 4.13. The monoisotopic (exact) mass is 219 g/mol. The Labute approximate surface area is 94.7 Å². The molecule has 1 aliphatic rings. The molecule has 0 bridgehead atoms. The van der Waals surface area contributed by atoms with E-state index in [2.05, 4.69) is 5.09 Å². The van der Waals surface area contributed by atoms with Gasteiger partial charge < -0.3 is 9.76 Å². The van der Waals surface area contributed by atoms with Crippen molar-refractivity contribution >= 4 is 12.5 Å². The highest BCUT2D eigenvalue weighted by atomic mass is 16.5. The Kier molecular flexibility index (Phi) is 3.56. The fourth-order valence-corrected chi connectivity index (χ4v) is 1.58. The van der Waals surface area contributed by atoms with Crippen molar-refractivity contribution in [3.63, 3.8) is 0 Å². The number of nitrogens with zero attached hydrogens (tertiary/aromatic N) is 1. The van der Waals surface area contributed by atoms with E-state index in [0.29, 0.717) is 17.8 Å². The van der Waals surface area contributed by atoms with Gasteiger partial charge in [0.15, 0.2) is 0 Å². The number of benzene rings is 1. The quantitative estimate of drug-likeness (QED) is 0.579. The van der Waals surface area contributed by atoms with Crippen molar-refractivity contribution in [2.24, 2.45) is 11.0 Å². The van der Waals surface area contributed by atoms with Crippen molar-refractivity contribution in [3.05, 3.63) is 29.2 Å². The molecule has 0 aromatic heterocycles. The van der Waals surface area contributed by atoms with Crippen LogP contribution in [0.1, 0.15) is 19.3 Å². The Bertz CT molecular complexity index is 368. The number of nitroso groups, excluding NO2 is 1. The minimum atomic E-state index is -1.30. The molecule has 0 heterocycles. The molecule has 1 aromatic carbocycles. The highest BCUT2D eigenvalue weighted by Crippen LogP contribution is 2.32. The van der Waals surface area contributed by atoms with Crippen LogP contribution in [-0.4, -0.2) is 18.7 Å². The van der Waals surface area contributed by atoms with Crippen LogP contribution in [0, 0.1) is 10.8 Å². The maximum absolute atomic E-state index is 10.2. The van der Waals surface area contributed by atoms with E-state index in [0.717, 1.165) is 12.3 Å². The lowest BCUT2D eigenvalue weighted by Gasteiger charge is -2.06. The van der Waals surface area contributed by atoms with Crippen LogP contribution < -0.4 is 10.2 Å². The first-order valence-corrected chi connectivity index (χ1v) is 5.53. The zero-order chi connectivity index (χ0) is 11.4. The summed E-state index contributed by atoms with van der Waals surface area (Å²) in [5.74, 6) is 1.52. The molecule has 16 heavy (non-hydrogen) atoms. The molecule has 0 spiro atoms. The van der Waals surface area contributed by atoms with Gasteiger partial charge in [-0.05, 0) is 29.9 Å². The summed E-state index contributed by atoms with van der Waals surface area (Å²) in [5, 5.41) is 11.8.